The molecule has 10 heteroatoms. The van der Waals surface area contributed by atoms with Gasteiger partial charge in [0.05, 0.1) is 30.3 Å². The van der Waals surface area contributed by atoms with E-state index in [2.05, 4.69) is 27.6 Å². The SMILES string of the molecule is C=CCc1cc(C=Nn2c(-c3cc4cc(Br)ccc4o3)nc3ccccc3c2=O)cc(OCC)c1O[C@@H](C)C(=O)OCC. The van der Waals surface area contributed by atoms with Crippen LogP contribution in [0.2, 0.25) is 0 Å². The molecule has 220 valence electrons. The fourth-order valence-electron chi connectivity index (χ4n) is 4.59. The van der Waals surface area contributed by atoms with Crippen molar-refractivity contribution in [3.05, 3.63) is 99.3 Å². The van der Waals surface area contributed by atoms with E-state index in [1.165, 1.54) is 4.68 Å². The lowest BCUT2D eigenvalue weighted by atomic mass is 10.1. The molecule has 3 aromatic carbocycles. The average molecular weight is 645 g/mol. The smallest absolute Gasteiger partial charge is 0.347 e. The summed E-state index contributed by atoms with van der Waals surface area (Å²) in [4.78, 5) is 30.7. The van der Waals surface area contributed by atoms with E-state index in [-0.39, 0.29) is 18.0 Å². The molecule has 5 aromatic rings. The summed E-state index contributed by atoms with van der Waals surface area (Å²) < 4.78 is 25.3. The zero-order valence-corrected chi connectivity index (χ0v) is 25.6. The third-order valence-corrected chi connectivity index (χ3v) is 7.00. The summed E-state index contributed by atoms with van der Waals surface area (Å²) in [5.41, 5.74) is 2.19. The third-order valence-electron chi connectivity index (χ3n) is 6.51. The van der Waals surface area contributed by atoms with Crippen LogP contribution in [0.15, 0.2) is 92.1 Å². The van der Waals surface area contributed by atoms with E-state index in [9.17, 15) is 9.59 Å². The highest BCUT2D eigenvalue weighted by Crippen LogP contribution is 2.35. The first kappa shape index (κ1) is 29.8. The summed E-state index contributed by atoms with van der Waals surface area (Å²) >= 11 is 3.49. The molecule has 1 atom stereocenters. The number of halogens is 1. The van der Waals surface area contributed by atoms with Gasteiger partial charge in [0.2, 0.25) is 5.82 Å². The molecule has 0 bridgehead atoms. The molecule has 0 saturated heterocycles. The number of hydrogen-bond acceptors (Lipinski definition) is 8. The van der Waals surface area contributed by atoms with E-state index in [1.807, 2.05) is 43.3 Å². The first-order chi connectivity index (χ1) is 20.8. The molecule has 0 aliphatic rings. The second kappa shape index (κ2) is 13.1. The van der Waals surface area contributed by atoms with Crippen LogP contribution in [0.4, 0.5) is 0 Å². The minimum Gasteiger partial charge on any atom is -0.490 e. The van der Waals surface area contributed by atoms with Gasteiger partial charge in [-0.25, -0.2) is 9.78 Å². The number of furan rings is 1. The van der Waals surface area contributed by atoms with Crippen LogP contribution in [-0.2, 0) is 16.0 Å². The molecule has 0 saturated carbocycles. The van der Waals surface area contributed by atoms with E-state index < -0.39 is 12.1 Å². The number of carbonyl (C=O) groups excluding carboxylic acids is 1. The van der Waals surface area contributed by atoms with Gasteiger partial charge in [-0.15, -0.1) is 6.58 Å². The monoisotopic (exact) mass is 643 g/mol. The Morgan fingerprint density at radius 1 is 1.14 bits per heavy atom. The minimum absolute atomic E-state index is 0.246. The number of benzene rings is 3. The number of rotatable bonds is 11. The number of nitrogens with zero attached hydrogens (tertiary/aromatic N) is 3. The fourth-order valence-corrected chi connectivity index (χ4v) is 4.96. The summed E-state index contributed by atoms with van der Waals surface area (Å²) in [7, 11) is 0. The summed E-state index contributed by atoms with van der Waals surface area (Å²) in [5.74, 6) is 1.01. The Kier molecular flexibility index (Phi) is 9.06. The predicted molar refractivity (Wildman–Crippen MR) is 170 cm³/mol. The van der Waals surface area contributed by atoms with Gasteiger partial charge in [-0.1, -0.05) is 34.1 Å². The van der Waals surface area contributed by atoms with Crippen molar-refractivity contribution in [2.24, 2.45) is 5.10 Å². The van der Waals surface area contributed by atoms with Crippen molar-refractivity contribution in [3.63, 3.8) is 0 Å². The number of hydrogen-bond donors (Lipinski definition) is 0. The number of aromatic nitrogens is 2. The number of fused-ring (bicyclic) bond motifs is 2. The number of para-hydroxylation sites is 1. The summed E-state index contributed by atoms with van der Waals surface area (Å²) in [6, 6.07) is 18.2. The Morgan fingerprint density at radius 3 is 2.72 bits per heavy atom. The number of carbonyl (C=O) groups is 1. The maximum Gasteiger partial charge on any atom is 0.347 e. The lowest BCUT2D eigenvalue weighted by molar-refractivity contribution is -0.150. The van der Waals surface area contributed by atoms with Gasteiger partial charge in [0.25, 0.3) is 5.56 Å². The summed E-state index contributed by atoms with van der Waals surface area (Å²) in [6.07, 6.45) is 2.86. The lowest BCUT2D eigenvalue weighted by Gasteiger charge is -2.20. The van der Waals surface area contributed by atoms with Gasteiger partial charge in [-0.05, 0) is 81.3 Å². The zero-order valence-electron chi connectivity index (χ0n) is 24.0. The molecule has 2 aromatic heterocycles. The largest absolute Gasteiger partial charge is 0.490 e. The molecule has 43 heavy (non-hydrogen) atoms. The molecular formula is C33H30BrN3O6. The normalized spacial score (nSPS) is 12.1. The maximum atomic E-state index is 13.7. The van der Waals surface area contributed by atoms with Crippen molar-refractivity contribution >= 4 is 50.0 Å². The average Bonchev–Trinajstić information content (AvgIpc) is 3.41. The van der Waals surface area contributed by atoms with Crippen LogP contribution in [-0.4, -0.2) is 41.2 Å². The van der Waals surface area contributed by atoms with E-state index in [0.29, 0.717) is 52.3 Å². The highest BCUT2D eigenvalue weighted by atomic mass is 79.9. The Balaban J connectivity index is 1.62. The first-order valence-electron chi connectivity index (χ1n) is 13.8. The van der Waals surface area contributed by atoms with E-state index >= 15 is 0 Å². The van der Waals surface area contributed by atoms with Crippen molar-refractivity contribution in [2.45, 2.75) is 33.3 Å². The topological polar surface area (TPSA) is 105 Å². The van der Waals surface area contributed by atoms with Crippen molar-refractivity contribution < 1.29 is 23.4 Å². The van der Waals surface area contributed by atoms with Gasteiger partial charge in [0.1, 0.15) is 5.58 Å². The van der Waals surface area contributed by atoms with Crippen LogP contribution in [0.3, 0.4) is 0 Å². The number of allylic oxidation sites excluding steroid dienone is 1. The third kappa shape index (κ3) is 6.39. The van der Waals surface area contributed by atoms with Crippen LogP contribution in [0.5, 0.6) is 11.5 Å². The maximum absolute atomic E-state index is 13.7. The Labute approximate surface area is 256 Å². The molecule has 0 amide bonds. The van der Waals surface area contributed by atoms with Crippen molar-refractivity contribution in [3.8, 4) is 23.1 Å². The standard InChI is InChI=1S/C33H30BrN3O6/c1-5-10-22-15-21(16-28(40-6-2)30(22)42-20(4)33(39)41-7-3)19-35-37-31(36-26-12-9-8-11-25(26)32(37)38)29-18-23-17-24(34)13-14-27(23)43-29/h5,8-9,11-20H,1,6-7,10H2,2-4H3/t20-/m0/s1. The fraction of sp³-hybridized carbons (Fsp3) is 0.212. The van der Waals surface area contributed by atoms with Crippen LogP contribution in [0, 0.1) is 0 Å². The first-order valence-corrected chi connectivity index (χ1v) is 14.6. The molecule has 0 radical (unpaired) electrons. The molecule has 0 unspecified atom stereocenters. The van der Waals surface area contributed by atoms with Gasteiger partial charge in [0.15, 0.2) is 23.4 Å². The van der Waals surface area contributed by atoms with E-state index in [1.54, 1.807) is 50.4 Å². The predicted octanol–water partition coefficient (Wildman–Crippen LogP) is 6.91. The van der Waals surface area contributed by atoms with Gasteiger partial charge in [-0.3, -0.25) is 4.79 Å². The Morgan fingerprint density at radius 2 is 1.95 bits per heavy atom. The van der Waals surface area contributed by atoms with Gasteiger partial charge >= 0.3 is 5.97 Å². The molecule has 9 nitrogen and oxygen atoms in total. The zero-order chi connectivity index (χ0) is 30.5. The lowest BCUT2D eigenvalue weighted by Crippen LogP contribution is -2.26. The summed E-state index contributed by atoms with van der Waals surface area (Å²) in [5, 5.41) is 5.86. The molecule has 5 rings (SSSR count). The second-order valence-corrected chi connectivity index (χ2v) is 10.5. The van der Waals surface area contributed by atoms with Gasteiger partial charge in [0, 0.05) is 15.4 Å². The van der Waals surface area contributed by atoms with Crippen LogP contribution >= 0.6 is 15.9 Å². The van der Waals surface area contributed by atoms with E-state index in [4.69, 9.17) is 23.6 Å². The Hall–Kier alpha value is -4.70. The molecule has 0 aliphatic heterocycles. The molecular weight excluding hydrogens is 614 g/mol. The van der Waals surface area contributed by atoms with Gasteiger partial charge in [-0.2, -0.15) is 9.78 Å². The molecule has 0 aliphatic carbocycles. The molecule has 0 N–H and O–H groups in total. The number of esters is 1. The highest BCUT2D eigenvalue weighted by Gasteiger charge is 2.22. The minimum atomic E-state index is -0.850. The van der Waals surface area contributed by atoms with Crippen molar-refractivity contribution in [2.75, 3.05) is 13.2 Å². The van der Waals surface area contributed by atoms with Gasteiger partial charge < -0.3 is 18.6 Å². The van der Waals surface area contributed by atoms with Crippen LogP contribution in [0.25, 0.3) is 33.5 Å². The summed E-state index contributed by atoms with van der Waals surface area (Å²) in [6.45, 7) is 9.68. The van der Waals surface area contributed by atoms with E-state index in [0.717, 1.165) is 15.4 Å². The Bertz CT molecular complexity index is 1910. The van der Waals surface area contributed by atoms with Crippen molar-refractivity contribution in [1.29, 1.82) is 0 Å². The second-order valence-electron chi connectivity index (χ2n) is 9.55. The molecule has 2 heterocycles. The van der Waals surface area contributed by atoms with Crippen LogP contribution in [0.1, 0.15) is 31.9 Å². The molecule has 0 fully saturated rings. The quantitative estimate of drug-likeness (QED) is 0.0874. The number of ether oxygens (including phenoxy) is 3. The van der Waals surface area contributed by atoms with Crippen LogP contribution < -0.4 is 15.0 Å². The highest BCUT2D eigenvalue weighted by molar-refractivity contribution is 9.10. The van der Waals surface area contributed by atoms with Crippen molar-refractivity contribution in [1.82, 2.24) is 9.66 Å². The molecule has 0 spiro atoms.